The molecule has 122 valence electrons. The van der Waals surface area contributed by atoms with Gasteiger partial charge in [-0.25, -0.2) is 4.98 Å². The van der Waals surface area contributed by atoms with E-state index < -0.39 is 0 Å². The van der Waals surface area contributed by atoms with Gasteiger partial charge in [-0.05, 0) is 43.4 Å². The molecule has 0 spiro atoms. The summed E-state index contributed by atoms with van der Waals surface area (Å²) in [6.07, 6.45) is 5.65. The first-order valence-electron chi connectivity index (χ1n) is 8.16. The number of nitrogens with one attached hydrogen (secondary N) is 2. The molecule has 3 rings (SSSR count). The Kier molecular flexibility index (Phi) is 4.92. The number of hydrogen-bond donors (Lipinski definition) is 4. The molecule has 0 atom stereocenters. The van der Waals surface area contributed by atoms with E-state index in [4.69, 9.17) is 11.5 Å². The number of aromatic nitrogens is 2. The molecule has 0 saturated heterocycles. The van der Waals surface area contributed by atoms with Crippen LogP contribution in [0.15, 0.2) is 30.5 Å². The highest BCUT2D eigenvalue weighted by Crippen LogP contribution is 2.26. The van der Waals surface area contributed by atoms with E-state index in [1.165, 1.54) is 11.1 Å². The van der Waals surface area contributed by atoms with Gasteiger partial charge in [-0.1, -0.05) is 24.3 Å². The summed E-state index contributed by atoms with van der Waals surface area (Å²) >= 11 is 0. The van der Waals surface area contributed by atoms with Gasteiger partial charge in [0.05, 0.1) is 11.9 Å². The lowest BCUT2D eigenvalue weighted by Crippen LogP contribution is -2.21. The summed E-state index contributed by atoms with van der Waals surface area (Å²) in [5, 5.41) is 6.68. The molecule has 1 aromatic carbocycles. The summed E-state index contributed by atoms with van der Waals surface area (Å²) in [5.74, 6) is 1.31. The van der Waals surface area contributed by atoms with Gasteiger partial charge in [0.25, 0.3) is 0 Å². The number of rotatable bonds is 7. The monoisotopic (exact) mass is 312 g/mol. The Hall–Kier alpha value is -2.34. The van der Waals surface area contributed by atoms with Crippen molar-refractivity contribution in [1.82, 2.24) is 9.97 Å². The Morgan fingerprint density at radius 1 is 1.13 bits per heavy atom. The summed E-state index contributed by atoms with van der Waals surface area (Å²) < 4.78 is 0. The molecule has 0 bridgehead atoms. The molecule has 1 heterocycles. The maximum absolute atomic E-state index is 6.02. The number of fused-ring (bicyclic) bond motifs is 1. The van der Waals surface area contributed by atoms with Crippen LogP contribution in [0.1, 0.15) is 24.0 Å². The Balaban J connectivity index is 1.61. The SMILES string of the molecule is NCCCCNc1ncc(N)c(NC2Cc3ccccc3C2)n1. The Morgan fingerprint density at radius 3 is 2.57 bits per heavy atom. The molecular formula is C17H24N6. The minimum atomic E-state index is 0.328. The summed E-state index contributed by atoms with van der Waals surface area (Å²) in [5.41, 5.74) is 14.9. The van der Waals surface area contributed by atoms with Gasteiger partial charge < -0.3 is 22.1 Å². The highest BCUT2D eigenvalue weighted by atomic mass is 15.2. The molecule has 23 heavy (non-hydrogen) atoms. The first-order chi connectivity index (χ1) is 11.3. The van der Waals surface area contributed by atoms with Crippen LogP contribution in [0.4, 0.5) is 17.5 Å². The molecule has 0 saturated carbocycles. The second kappa shape index (κ2) is 7.28. The van der Waals surface area contributed by atoms with Gasteiger partial charge in [0.1, 0.15) is 0 Å². The molecule has 0 unspecified atom stereocenters. The Labute approximate surface area is 136 Å². The van der Waals surface area contributed by atoms with E-state index in [-0.39, 0.29) is 0 Å². The van der Waals surface area contributed by atoms with Gasteiger partial charge in [-0.2, -0.15) is 4.98 Å². The fourth-order valence-corrected chi connectivity index (χ4v) is 2.92. The van der Waals surface area contributed by atoms with Crippen LogP contribution < -0.4 is 22.1 Å². The van der Waals surface area contributed by atoms with Crippen molar-refractivity contribution in [3.05, 3.63) is 41.6 Å². The van der Waals surface area contributed by atoms with E-state index in [0.29, 0.717) is 30.0 Å². The van der Waals surface area contributed by atoms with Crippen molar-refractivity contribution < 1.29 is 0 Å². The number of hydrogen-bond acceptors (Lipinski definition) is 6. The number of unbranched alkanes of at least 4 members (excludes halogenated alkanes) is 1. The van der Waals surface area contributed by atoms with Crippen molar-refractivity contribution in [1.29, 1.82) is 0 Å². The molecule has 6 nitrogen and oxygen atoms in total. The van der Waals surface area contributed by atoms with Gasteiger partial charge in [0, 0.05) is 12.6 Å². The van der Waals surface area contributed by atoms with Crippen LogP contribution in [0, 0.1) is 0 Å². The topological polar surface area (TPSA) is 102 Å². The van der Waals surface area contributed by atoms with E-state index >= 15 is 0 Å². The predicted octanol–water partition coefficient (Wildman–Crippen LogP) is 1.79. The standard InChI is InChI=1S/C17H24N6/c18-7-3-4-8-20-17-21-11-15(19)16(23-17)22-14-9-12-5-1-2-6-13(12)10-14/h1-2,5-6,11,14H,3-4,7-10,18-19H2,(H2,20,21,22,23). The minimum Gasteiger partial charge on any atom is -0.394 e. The smallest absolute Gasteiger partial charge is 0.224 e. The van der Waals surface area contributed by atoms with Gasteiger partial charge in [0.15, 0.2) is 5.82 Å². The first-order valence-corrected chi connectivity index (χ1v) is 8.16. The second-order valence-corrected chi connectivity index (χ2v) is 5.94. The van der Waals surface area contributed by atoms with Crippen molar-refractivity contribution in [2.24, 2.45) is 5.73 Å². The maximum atomic E-state index is 6.02. The number of nitrogens with zero attached hydrogens (tertiary/aromatic N) is 2. The highest BCUT2D eigenvalue weighted by Gasteiger charge is 2.21. The normalized spacial score (nSPS) is 13.8. The lowest BCUT2D eigenvalue weighted by molar-refractivity contribution is 0.763. The molecule has 0 amide bonds. The maximum Gasteiger partial charge on any atom is 0.224 e. The van der Waals surface area contributed by atoms with E-state index in [0.717, 1.165) is 32.2 Å². The molecule has 2 aromatic rings. The van der Waals surface area contributed by atoms with Crippen LogP contribution in [0.5, 0.6) is 0 Å². The fourth-order valence-electron chi connectivity index (χ4n) is 2.92. The molecule has 1 aliphatic carbocycles. The van der Waals surface area contributed by atoms with Gasteiger partial charge >= 0.3 is 0 Å². The van der Waals surface area contributed by atoms with Gasteiger partial charge in [-0.3, -0.25) is 0 Å². The quantitative estimate of drug-likeness (QED) is 0.581. The molecule has 6 heteroatoms. The zero-order valence-corrected chi connectivity index (χ0v) is 13.3. The van der Waals surface area contributed by atoms with Crippen LogP contribution in [0.2, 0.25) is 0 Å². The zero-order chi connectivity index (χ0) is 16.1. The first kappa shape index (κ1) is 15.6. The van der Waals surface area contributed by atoms with Crippen molar-refractivity contribution in [2.45, 2.75) is 31.7 Å². The number of benzene rings is 1. The summed E-state index contributed by atoms with van der Waals surface area (Å²) in [7, 11) is 0. The van der Waals surface area contributed by atoms with Gasteiger partial charge in [0.2, 0.25) is 5.95 Å². The van der Waals surface area contributed by atoms with Crippen LogP contribution >= 0.6 is 0 Å². The largest absolute Gasteiger partial charge is 0.394 e. The Morgan fingerprint density at radius 2 is 1.87 bits per heavy atom. The fraction of sp³-hybridized carbons (Fsp3) is 0.412. The number of nitrogens with two attached hydrogens (primary N) is 2. The molecule has 0 radical (unpaired) electrons. The summed E-state index contributed by atoms with van der Waals surface area (Å²) in [6, 6.07) is 8.87. The lowest BCUT2D eigenvalue weighted by atomic mass is 10.1. The molecule has 0 aliphatic heterocycles. The number of nitrogen functional groups attached to an aromatic ring is 1. The van der Waals surface area contributed by atoms with E-state index in [9.17, 15) is 0 Å². The van der Waals surface area contributed by atoms with Crippen LogP contribution in [0.25, 0.3) is 0 Å². The van der Waals surface area contributed by atoms with Crippen molar-refractivity contribution in [3.63, 3.8) is 0 Å². The minimum absolute atomic E-state index is 0.328. The van der Waals surface area contributed by atoms with E-state index in [2.05, 4.69) is 44.9 Å². The summed E-state index contributed by atoms with van der Waals surface area (Å²) in [6.45, 7) is 1.52. The van der Waals surface area contributed by atoms with Crippen molar-refractivity contribution in [3.8, 4) is 0 Å². The Bertz CT molecular complexity index is 632. The highest BCUT2D eigenvalue weighted by molar-refractivity contribution is 5.62. The van der Waals surface area contributed by atoms with Crippen LogP contribution in [-0.4, -0.2) is 29.1 Å². The van der Waals surface area contributed by atoms with Gasteiger partial charge in [-0.15, -0.1) is 0 Å². The van der Waals surface area contributed by atoms with Crippen LogP contribution in [0.3, 0.4) is 0 Å². The van der Waals surface area contributed by atoms with Crippen molar-refractivity contribution >= 4 is 17.5 Å². The molecule has 0 fully saturated rings. The number of anilines is 3. The molecule has 6 N–H and O–H groups in total. The molecular weight excluding hydrogens is 288 g/mol. The average molecular weight is 312 g/mol. The third-order valence-corrected chi connectivity index (χ3v) is 4.12. The predicted molar refractivity (Wildman–Crippen MR) is 94.5 cm³/mol. The third-order valence-electron chi connectivity index (χ3n) is 4.12. The van der Waals surface area contributed by atoms with E-state index in [1.54, 1.807) is 6.20 Å². The van der Waals surface area contributed by atoms with Crippen LogP contribution in [-0.2, 0) is 12.8 Å². The third kappa shape index (κ3) is 3.90. The zero-order valence-electron chi connectivity index (χ0n) is 13.3. The molecule has 1 aliphatic rings. The molecule has 1 aromatic heterocycles. The summed E-state index contributed by atoms with van der Waals surface area (Å²) in [4.78, 5) is 8.74. The van der Waals surface area contributed by atoms with E-state index in [1.807, 2.05) is 0 Å². The van der Waals surface area contributed by atoms with Crippen molar-refractivity contribution in [2.75, 3.05) is 29.5 Å². The lowest BCUT2D eigenvalue weighted by Gasteiger charge is -2.15. The average Bonchev–Trinajstić information content (AvgIpc) is 2.97. The second-order valence-electron chi connectivity index (χ2n) is 5.94.